The van der Waals surface area contributed by atoms with Crippen LogP contribution in [-0.2, 0) is 10.0 Å². The summed E-state index contributed by atoms with van der Waals surface area (Å²) in [6.45, 7) is 0. The van der Waals surface area contributed by atoms with Crippen molar-refractivity contribution >= 4 is 27.3 Å². The lowest BCUT2D eigenvalue weighted by Crippen LogP contribution is -2.26. The molecule has 0 spiro atoms. The van der Waals surface area contributed by atoms with Crippen molar-refractivity contribution in [2.45, 2.75) is 12.5 Å². The Kier molecular flexibility index (Phi) is 5.30. The molecule has 0 N–H and O–H groups in total. The summed E-state index contributed by atoms with van der Waals surface area (Å²) in [5.74, 6) is 0.483. The molecule has 6 nitrogen and oxygen atoms in total. The van der Waals surface area contributed by atoms with E-state index in [-0.39, 0.29) is 17.0 Å². The topological polar surface area (TPSA) is 68.2 Å². The lowest BCUT2D eigenvalue weighted by atomic mass is 9.98. The molecular weight excluding hydrogens is 395 g/mol. The summed E-state index contributed by atoms with van der Waals surface area (Å²) in [5, 5.41) is 4.39. The molecule has 0 amide bonds. The Morgan fingerprint density at radius 1 is 1.19 bits per heavy atom. The zero-order valence-electron chi connectivity index (χ0n) is 14.9. The second-order valence-electron chi connectivity index (χ2n) is 6.04. The summed E-state index contributed by atoms with van der Waals surface area (Å²) in [6, 6.07) is 8.48. The Morgan fingerprint density at radius 2 is 1.81 bits per heavy atom. The Morgan fingerprint density at radius 3 is 2.33 bits per heavy atom. The number of benzene rings is 2. The fourth-order valence-electron chi connectivity index (χ4n) is 2.99. The summed E-state index contributed by atoms with van der Waals surface area (Å²) in [5.41, 5.74) is 1.18. The molecule has 1 heterocycles. The van der Waals surface area contributed by atoms with E-state index in [1.165, 1.54) is 32.4 Å². The summed E-state index contributed by atoms with van der Waals surface area (Å²) < 4.78 is 50.4. The first kappa shape index (κ1) is 19.4. The van der Waals surface area contributed by atoms with Gasteiger partial charge in [-0.2, -0.15) is 9.52 Å². The first-order chi connectivity index (χ1) is 12.7. The molecular formula is C18H18ClFN2O4S. The van der Waals surface area contributed by atoms with Gasteiger partial charge in [0.05, 0.1) is 32.2 Å². The van der Waals surface area contributed by atoms with Gasteiger partial charge in [-0.1, -0.05) is 17.7 Å². The Bertz CT molecular complexity index is 968. The van der Waals surface area contributed by atoms with Gasteiger partial charge >= 0.3 is 0 Å². The van der Waals surface area contributed by atoms with E-state index in [2.05, 4.69) is 5.10 Å². The van der Waals surface area contributed by atoms with E-state index < -0.39 is 21.9 Å². The highest BCUT2D eigenvalue weighted by Crippen LogP contribution is 2.39. The maximum Gasteiger partial charge on any atom is 0.247 e. The van der Waals surface area contributed by atoms with Crippen LogP contribution >= 0.6 is 11.6 Å². The minimum Gasteiger partial charge on any atom is -0.497 e. The highest BCUT2D eigenvalue weighted by Gasteiger charge is 2.37. The molecule has 0 radical (unpaired) electrons. The number of rotatable bonds is 5. The monoisotopic (exact) mass is 412 g/mol. The molecule has 144 valence electrons. The van der Waals surface area contributed by atoms with E-state index in [1.54, 1.807) is 18.2 Å². The predicted molar refractivity (Wildman–Crippen MR) is 102 cm³/mol. The van der Waals surface area contributed by atoms with Gasteiger partial charge in [0.25, 0.3) is 0 Å². The van der Waals surface area contributed by atoms with Crippen LogP contribution in [-0.4, -0.2) is 39.0 Å². The molecule has 27 heavy (non-hydrogen) atoms. The van der Waals surface area contributed by atoms with Gasteiger partial charge in [-0.15, -0.1) is 0 Å². The molecule has 0 fully saturated rings. The summed E-state index contributed by atoms with van der Waals surface area (Å²) in [4.78, 5) is 0. The smallest absolute Gasteiger partial charge is 0.247 e. The normalized spacial score (nSPS) is 17.0. The lowest BCUT2D eigenvalue weighted by molar-refractivity contribution is 0.365. The summed E-state index contributed by atoms with van der Waals surface area (Å²) >= 11 is 6.16. The zero-order valence-corrected chi connectivity index (χ0v) is 16.5. The van der Waals surface area contributed by atoms with Gasteiger partial charge in [0.1, 0.15) is 17.3 Å². The van der Waals surface area contributed by atoms with Crippen molar-refractivity contribution in [2.75, 3.05) is 20.5 Å². The molecule has 9 heteroatoms. The van der Waals surface area contributed by atoms with Crippen LogP contribution in [0.1, 0.15) is 23.6 Å². The SMILES string of the molecule is COc1cc(OC)cc(C2=NN(S(C)(=O)=O)C(c3c(F)cccc3Cl)C2)c1. The fourth-order valence-corrected chi connectivity index (χ4v) is 4.17. The van der Waals surface area contributed by atoms with Gasteiger partial charge in [-0.25, -0.2) is 12.8 Å². The van der Waals surface area contributed by atoms with Crippen LogP contribution < -0.4 is 9.47 Å². The van der Waals surface area contributed by atoms with Gasteiger partial charge in [-0.05, 0) is 24.3 Å². The minimum atomic E-state index is -3.75. The average molecular weight is 413 g/mol. The number of methoxy groups -OCH3 is 2. The number of halogens is 2. The third-order valence-corrected chi connectivity index (χ3v) is 5.58. The van der Waals surface area contributed by atoms with Crippen molar-refractivity contribution in [2.24, 2.45) is 5.10 Å². The predicted octanol–water partition coefficient (Wildman–Crippen LogP) is 3.61. The van der Waals surface area contributed by atoms with Crippen LogP contribution in [0.3, 0.4) is 0 Å². The highest BCUT2D eigenvalue weighted by atomic mass is 35.5. The van der Waals surface area contributed by atoms with Crippen molar-refractivity contribution in [3.05, 3.63) is 58.4 Å². The first-order valence-corrected chi connectivity index (χ1v) is 10.2. The number of ether oxygens (including phenoxy) is 2. The van der Waals surface area contributed by atoms with Crippen molar-refractivity contribution in [1.82, 2.24) is 4.41 Å². The average Bonchev–Trinajstić information content (AvgIpc) is 3.06. The van der Waals surface area contributed by atoms with Crippen molar-refractivity contribution < 1.29 is 22.3 Å². The molecule has 3 rings (SSSR count). The molecule has 1 aliphatic heterocycles. The van der Waals surface area contributed by atoms with Gasteiger partial charge < -0.3 is 9.47 Å². The van der Waals surface area contributed by atoms with E-state index in [0.29, 0.717) is 22.8 Å². The number of hydrazone groups is 1. The fraction of sp³-hybridized carbons (Fsp3) is 0.278. The van der Waals surface area contributed by atoms with Gasteiger partial charge in [0.15, 0.2) is 0 Å². The number of hydrogen-bond acceptors (Lipinski definition) is 5. The highest BCUT2D eigenvalue weighted by molar-refractivity contribution is 7.88. The minimum absolute atomic E-state index is 0.0956. The lowest BCUT2D eigenvalue weighted by Gasteiger charge is -2.22. The number of nitrogens with zero attached hydrogens (tertiary/aromatic N) is 2. The van der Waals surface area contributed by atoms with Crippen LogP contribution in [0.5, 0.6) is 11.5 Å². The second-order valence-corrected chi connectivity index (χ2v) is 8.29. The van der Waals surface area contributed by atoms with Crippen LogP contribution in [0.2, 0.25) is 5.02 Å². The third-order valence-electron chi connectivity index (χ3n) is 4.23. The van der Waals surface area contributed by atoms with Crippen LogP contribution in [0.4, 0.5) is 4.39 Å². The summed E-state index contributed by atoms with van der Waals surface area (Å²) in [7, 11) is -0.720. The van der Waals surface area contributed by atoms with Crippen molar-refractivity contribution in [3.8, 4) is 11.5 Å². The molecule has 1 atom stereocenters. The molecule has 1 aliphatic rings. The van der Waals surface area contributed by atoms with Crippen LogP contribution in [0, 0.1) is 5.82 Å². The van der Waals surface area contributed by atoms with Crippen molar-refractivity contribution in [1.29, 1.82) is 0 Å². The summed E-state index contributed by atoms with van der Waals surface area (Å²) in [6.07, 6.45) is 1.18. The quantitative estimate of drug-likeness (QED) is 0.752. The Hall–Kier alpha value is -2.32. The van der Waals surface area contributed by atoms with E-state index in [1.807, 2.05) is 0 Å². The van der Waals surface area contributed by atoms with Crippen molar-refractivity contribution in [3.63, 3.8) is 0 Å². The molecule has 0 aromatic heterocycles. The van der Waals surface area contributed by atoms with E-state index in [9.17, 15) is 12.8 Å². The van der Waals surface area contributed by atoms with Gasteiger partial charge in [0.2, 0.25) is 10.0 Å². The number of hydrogen-bond donors (Lipinski definition) is 0. The third kappa shape index (κ3) is 3.86. The largest absolute Gasteiger partial charge is 0.497 e. The molecule has 2 aromatic rings. The maximum absolute atomic E-state index is 14.4. The van der Waals surface area contributed by atoms with Gasteiger partial charge in [-0.3, -0.25) is 0 Å². The maximum atomic E-state index is 14.4. The van der Waals surface area contributed by atoms with E-state index in [0.717, 1.165) is 10.7 Å². The van der Waals surface area contributed by atoms with Crippen LogP contribution in [0.15, 0.2) is 41.5 Å². The Labute approximate surface area is 162 Å². The molecule has 1 unspecified atom stereocenters. The molecule has 0 saturated heterocycles. The molecule has 0 bridgehead atoms. The van der Waals surface area contributed by atoms with E-state index in [4.69, 9.17) is 21.1 Å². The Balaban J connectivity index is 2.10. The molecule has 0 saturated carbocycles. The standard InChI is InChI=1S/C18H18ClFN2O4S/c1-25-12-7-11(8-13(9-12)26-2)16-10-17(22(21-16)27(3,23)24)18-14(19)5-4-6-15(18)20/h4-9,17H,10H2,1-3H3. The first-order valence-electron chi connectivity index (χ1n) is 7.99. The second kappa shape index (κ2) is 7.36. The van der Waals surface area contributed by atoms with Gasteiger partial charge in [0, 0.05) is 28.6 Å². The van der Waals surface area contributed by atoms with E-state index >= 15 is 0 Å². The zero-order chi connectivity index (χ0) is 19.8. The molecule has 2 aromatic carbocycles. The number of sulfonamides is 1. The van der Waals surface area contributed by atoms with Crippen LogP contribution in [0.25, 0.3) is 0 Å². The molecule has 0 aliphatic carbocycles.